The van der Waals surface area contributed by atoms with E-state index in [9.17, 15) is 20.1 Å². The largest absolute Gasteiger partial charge is 0.461 e. The van der Waals surface area contributed by atoms with Crippen molar-refractivity contribution < 1.29 is 30.0 Å². The number of hydrogen-bond acceptors (Lipinski definition) is 7. The van der Waals surface area contributed by atoms with E-state index >= 15 is 0 Å². The highest BCUT2D eigenvalue weighted by Crippen LogP contribution is 2.39. The standard InChI is InChI=1S/C19H25BrN2O6/c1-2-28-19(27)18-17(20)16(15(22-18)7-21-5-6-23)12-4-3-11(8-24)13(9-25)14(12)10-26/h3-4,21-26H,2,5-10H2,1H3. The summed E-state index contributed by atoms with van der Waals surface area (Å²) >= 11 is 3.46. The van der Waals surface area contributed by atoms with E-state index in [2.05, 4.69) is 26.2 Å². The van der Waals surface area contributed by atoms with Crippen LogP contribution in [0.5, 0.6) is 0 Å². The van der Waals surface area contributed by atoms with Crippen LogP contribution in [0.3, 0.4) is 0 Å². The molecule has 1 aromatic carbocycles. The number of aliphatic hydroxyl groups is 4. The van der Waals surface area contributed by atoms with Gasteiger partial charge < -0.3 is 35.5 Å². The third kappa shape index (κ3) is 4.62. The lowest BCUT2D eigenvalue weighted by Crippen LogP contribution is -2.18. The SMILES string of the molecule is CCOC(=O)c1[nH]c(CNCCO)c(-c2ccc(CO)c(CO)c2CO)c1Br. The summed E-state index contributed by atoms with van der Waals surface area (Å²) in [4.78, 5) is 15.4. The van der Waals surface area contributed by atoms with Gasteiger partial charge in [0.25, 0.3) is 0 Å². The van der Waals surface area contributed by atoms with Crippen LogP contribution in [-0.2, 0) is 31.1 Å². The zero-order valence-corrected chi connectivity index (χ0v) is 17.2. The number of carbonyl (C=O) groups excluding carboxylic acids is 1. The van der Waals surface area contributed by atoms with Crippen LogP contribution < -0.4 is 5.32 Å². The molecule has 0 aliphatic rings. The number of aliphatic hydroxyl groups excluding tert-OH is 4. The Hall–Kier alpha value is -1.75. The predicted molar refractivity (Wildman–Crippen MR) is 106 cm³/mol. The Morgan fingerprint density at radius 3 is 2.43 bits per heavy atom. The quantitative estimate of drug-likeness (QED) is 0.233. The number of hydrogen-bond donors (Lipinski definition) is 6. The van der Waals surface area contributed by atoms with Crippen molar-refractivity contribution in [2.45, 2.75) is 33.3 Å². The van der Waals surface area contributed by atoms with Gasteiger partial charge in [0.1, 0.15) is 5.69 Å². The van der Waals surface area contributed by atoms with Crippen LogP contribution in [0, 0.1) is 0 Å². The Labute approximate surface area is 171 Å². The summed E-state index contributed by atoms with van der Waals surface area (Å²) in [6, 6.07) is 3.41. The van der Waals surface area contributed by atoms with Gasteiger partial charge in [-0.15, -0.1) is 0 Å². The smallest absolute Gasteiger partial charge is 0.355 e. The van der Waals surface area contributed by atoms with Crippen LogP contribution in [0.1, 0.15) is 39.8 Å². The fraction of sp³-hybridized carbons (Fsp3) is 0.421. The Morgan fingerprint density at radius 1 is 1.14 bits per heavy atom. The molecule has 0 bridgehead atoms. The molecular formula is C19H25BrN2O6. The topological polar surface area (TPSA) is 135 Å². The normalized spacial score (nSPS) is 11.1. The van der Waals surface area contributed by atoms with Crippen LogP contribution in [0.4, 0.5) is 0 Å². The molecule has 0 fully saturated rings. The molecule has 1 heterocycles. The van der Waals surface area contributed by atoms with E-state index in [1.54, 1.807) is 19.1 Å². The maximum absolute atomic E-state index is 12.3. The van der Waals surface area contributed by atoms with Crippen molar-refractivity contribution in [2.24, 2.45) is 0 Å². The number of carbonyl (C=O) groups is 1. The fourth-order valence-electron chi connectivity index (χ4n) is 3.08. The van der Waals surface area contributed by atoms with Crippen molar-refractivity contribution in [2.75, 3.05) is 19.8 Å². The summed E-state index contributed by atoms with van der Waals surface area (Å²) in [5, 5.41) is 41.3. The van der Waals surface area contributed by atoms with Crippen LogP contribution >= 0.6 is 15.9 Å². The van der Waals surface area contributed by atoms with Crippen LogP contribution in [-0.4, -0.2) is 51.1 Å². The molecule has 2 aromatic rings. The highest BCUT2D eigenvalue weighted by Gasteiger charge is 2.25. The molecule has 0 saturated carbocycles. The molecule has 2 rings (SSSR count). The van der Waals surface area contributed by atoms with Crippen molar-refractivity contribution in [1.82, 2.24) is 10.3 Å². The third-order valence-electron chi connectivity index (χ3n) is 4.37. The second-order valence-corrected chi connectivity index (χ2v) is 6.79. The van der Waals surface area contributed by atoms with E-state index in [1.807, 2.05) is 0 Å². The molecule has 8 nitrogen and oxygen atoms in total. The van der Waals surface area contributed by atoms with Gasteiger partial charge in [-0.25, -0.2) is 4.79 Å². The average molecular weight is 457 g/mol. The van der Waals surface area contributed by atoms with Gasteiger partial charge in [-0.1, -0.05) is 12.1 Å². The molecule has 0 atom stereocenters. The van der Waals surface area contributed by atoms with E-state index in [1.165, 1.54) is 0 Å². The molecule has 6 N–H and O–H groups in total. The van der Waals surface area contributed by atoms with Gasteiger partial charge >= 0.3 is 5.97 Å². The lowest BCUT2D eigenvalue weighted by molar-refractivity contribution is 0.0519. The van der Waals surface area contributed by atoms with Crippen LogP contribution in [0.2, 0.25) is 0 Å². The van der Waals surface area contributed by atoms with Crippen molar-refractivity contribution in [3.63, 3.8) is 0 Å². The van der Waals surface area contributed by atoms with E-state index in [-0.39, 0.29) is 38.7 Å². The molecule has 9 heteroatoms. The van der Waals surface area contributed by atoms with Gasteiger partial charge in [-0.2, -0.15) is 0 Å². The molecule has 0 radical (unpaired) electrons. The number of H-pyrrole nitrogens is 1. The van der Waals surface area contributed by atoms with Gasteiger partial charge in [0.2, 0.25) is 0 Å². The zero-order valence-electron chi connectivity index (χ0n) is 15.6. The van der Waals surface area contributed by atoms with Crippen molar-refractivity contribution in [3.8, 4) is 11.1 Å². The molecule has 0 aliphatic carbocycles. The van der Waals surface area contributed by atoms with E-state index < -0.39 is 5.97 Å². The Balaban J connectivity index is 2.67. The summed E-state index contributed by atoms with van der Waals surface area (Å²) in [6.07, 6.45) is 0. The number of ether oxygens (including phenoxy) is 1. The molecule has 28 heavy (non-hydrogen) atoms. The first-order valence-corrected chi connectivity index (χ1v) is 9.68. The minimum absolute atomic E-state index is 0.0380. The number of aromatic nitrogens is 1. The lowest BCUT2D eigenvalue weighted by Gasteiger charge is -2.16. The fourth-order valence-corrected chi connectivity index (χ4v) is 3.79. The molecule has 0 aliphatic heterocycles. The lowest BCUT2D eigenvalue weighted by atomic mass is 9.92. The molecule has 1 aromatic heterocycles. The zero-order chi connectivity index (χ0) is 20.7. The highest BCUT2D eigenvalue weighted by molar-refractivity contribution is 9.10. The molecule has 0 unspecified atom stereocenters. The second-order valence-electron chi connectivity index (χ2n) is 5.99. The number of aromatic amines is 1. The maximum atomic E-state index is 12.3. The Kier molecular flexibility index (Phi) is 8.61. The second kappa shape index (κ2) is 10.7. The minimum Gasteiger partial charge on any atom is -0.461 e. The van der Waals surface area contributed by atoms with Gasteiger partial charge in [0.15, 0.2) is 0 Å². The molecular weight excluding hydrogens is 432 g/mol. The summed E-state index contributed by atoms with van der Waals surface area (Å²) in [5.74, 6) is -0.524. The number of nitrogens with one attached hydrogen (secondary N) is 2. The van der Waals surface area contributed by atoms with Crippen molar-refractivity contribution in [3.05, 3.63) is 44.7 Å². The highest BCUT2D eigenvalue weighted by atomic mass is 79.9. The first-order chi connectivity index (χ1) is 13.5. The summed E-state index contributed by atoms with van der Waals surface area (Å²) < 4.78 is 5.57. The summed E-state index contributed by atoms with van der Waals surface area (Å²) in [6.45, 7) is 1.63. The number of benzene rings is 1. The van der Waals surface area contributed by atoms with E-state index in [4.69, 9.17) is 9.84 Å². The van der Waals surface area contributed by atoms with Gasteiger partial charge in [-0.05, 0) is 45.1 Å². The number of esters is 1. The van der Waals surface area contributed by atoms with Crippen LogP contribution in [0.25, 0.3) is 11.1 Å². The summed E-state index contributed by atoms with van der Waals surface area (Å²) in [5.41, 5.74) is 3.57. The van der Waals surface area contributed by atoms with E-state index in [0.717, 1.165) is 0 Å². The molecule has 0 amide bonds. The maximum Gasteiger partial charge on any atom is 0.355 e. The van der Waals surface area contributed by atoms with Gasteiger partial charge in [0, 0.05) is 24.3 Å². The first-order valence-electron chi connectivity index (χ1n) is 8.89. The van der Waals surface area contributed by atoms with Gasteiger partial charge in [0.05, 0.1) is 37.5 Å². The van der Waals surface area contributed by atoms with Crippen LogP contribution in [0.15, 0.2) is 16.6 Å². The first kappa shape index (κ1) is 22.5. The van der Waals surface area contributed by atoms with E-state index in [0.29, 0.717) is 51.1 Å². The molecule has 0 saturated heterocycles. The number of halogens is 1. The molecule has 154 valence electrons. The predicted octanol–water partition coefficient (Wildman–Crippen LogP) is 1.18. The molecule has 0 spiro atoms. The van der Waals surface area contributed by atoms with Crippen molar-refractivity contribution >= 4 is 21.9 Å². The Morgan fingerprint density at radius 2 is 1.86 bits per heavy atom. The number of rotatable bonds is 10. The average Bonchev–Trinajstić information content (AvgIpc) is 3.03. The Bertz CT molecular complexity index is 821. The minimum atomic E-state index is -0.524. The third-order valence-corrected chi connectivity index (χ3v) is 5.16. The van der Waals surface area contributed by atoms with Crippen molar-refractivity contribution in [1.29, 1.82) is 0 Å². The van der Waals surface area contributed by atoms with Gasteiger partial charge in [-0.3, -0.25) is 0 Å². The monoisotopic (exact) mass is 456 g/mol. The summed E-state index contributed by atoms with van der Waals surface area (Å²) in [7, 11) is 0.